The fourth-order valence-electron chi connectivity index (χ4n) is 4.34. The third kappa shape index (κ3) is 1.96. The molecule has 0 aromatic heterocycles. The molecule has 3 aliphatic rings. The Bertz CT molecular complexity index is 491. The van der Waals surface area contributed by atoms with Gasteiger partial charge in [0, 0.05) is 9.65 Å². The molecular weight excluding hydrogens is 406 g/mol. The van der Waals surface area contributed by atoms with Crippen molar-refractivity contribution < 1.29 is 19.5 Å². The second-order valence-corrected chi connectivity index (χ2v) is 8.69. The van der Waals surface area contributed by atoms with E-state index in [1.807, 2.05) is 0 Å². The molecule has 21 heavy (non-hydrogen) atoms. The zero-order chi connectivity index (χ0) is 15.6. The van der Waals surface area contributed by atoms with Gasteiger partial charge < -0.3 is 5.11 Å². The first-order valence-corrected chi connectivity index (χ1v) is 8.98. The molecule has 2 amide bonds. The number of carbonyl (C=O) groups is 3. The van der Waals surface area contributed by atoms with Crippen molar-refractivity contribution in [3.8, 4) is 0 Å². The molecule has 5 nitrogen and oxygen atoms in total. The number of fused-ring (bicyclic) bond motifs is 5. The van der Waals surface area contributed by atoms with Gasteiger partial charge in [0.2, 0.25) is 11.8 Å². The van der Waals surface area contributed by atoms with Crippen molar-refractivity contribution >= 4 is 49.6 Å². The van der Waals surface area contributed by atoms with Crippen LogP contribution in [0.5, 0.6) is 0 Å². The minimum absolute atomic E-state index is 0.118. The first-order valence-electron chi connectivity index (χ1n) is 7.15. The fraction of sp³-hybridized carbons (Fsp3) is 0.786. The summed E-state index contributed by atoms with van der Waals surface area (Å²) in [6.07, 6.45) is 0.853. The van der Waals surface area contributed by atoms with E-state index in [1.165, 1.54) is 0 Å². The molecule has 116 valence electrons. The molecule has 7 atom stereocenters. The molecule has 1 heterocycles. The van der Waals surface area contributed by atoms with Gasteiger partial charge in [-0.25, -0.2) is 4.79 Å². The predicted octanol–water partition coefficient (Wildman–Crippen LogP) is 1.87. The third-order valence-electron chi connectivity index (χ3n) is 5.18. The Balaban J connectivity index is 1.96. The lowest BCUT2D eigenvalue weighted by Crippen LogP contribution is -2.49. The number of likely N-dealkylation sites (tertiary alicyclic amines) is 1. The third-order valence-corrected chi connectivity index (χ3v) is 8.39. The van der Waals surface area contributed by atoms with Crippen molar-refractivity contribution in [1.82, 2.24) is 4.90 Å². The summed E-state index contributed by atoms with van der Waals surface area (Å²) in [7, 11) is 0. The molecule has 1 N–H and O–H groups in total. The number of imide groups is 1. The molecule has 3 rings (SSSR count). The van der Waals surface area contributed by atoms with Gasteiger partial charge in [-0.3, -0.25) is 14.5 Å². The topological polar surface area (TPSA) is 74.7 Å². The van der Waals surface area contributed by atoms with Gasteiger partial charge in [-0.15, -0.1) is 0 Å². The SMILES string of the molecule is CC(C)[C@H](C(=O)O)N1C(=O)[C@@H]2[C@H]3C[C@@H]([C@H](Br)[C@@H]3Br)[C@@H]2C1=O. The Morgan fingerprint density at radius 1 is 1.14 bits per heavy atom. The van der Waals surface area contributed by atoms with Crippen LogP contribution in [0.4, 0.5) is 0 Å². The summed E-state index contributed by atoms with van der Waals surface area (Å²) in [5.41, 5.74) is 0. The second kappa shape index (κ2) is 5.05. The summed E-state index contributed by atoms with van der Waals surface area (Å²) in [5, 5.41) is 9.39. The van der Waals surface area contributed by atoms with Crippen molar-refractivity contribution in [2.75, 3.05) is 0 Å². The maximum atomic E-state index is 12.7. The van der Waals surface area contributed by atoms with Crippen molar-refractivity contribution in [2.24, 2.45) is 29.6 Å². The van der Waals surface area contributed by atoms with Crippen LogP contribution >= 0.6 is 31.9 Å². The van der Waals surface area contributed by atoms with Gasteiger partial charge in [-0.2, -0.15) is 0 Å². The number of hydrogen-bond donors (Lipinski definition) is 1. The van der Waals surface area contributed by atoms with E-state index in [9.17, 15) is 19.5 Å². The average Bonchev–Trinajstić information content (AvgIpc) is 2.98. The van der Waals surface area contributed by atoms with Crippen molar-refractivity contribution in [2.45, 2.75) is 36.0 Å². The number of halogens is 2. The van der Waals surface area contributed by atoms with Crippen LogP contribution in [-0.2, 0) is 14.4 Å². The Kier molecular flexibility index (Phi) is 3.72. The molecule has 7 heteroatoms. The number of alkyl halides is 2. The zero-order valence-electron chi connectivity index (χ0n) is 11.7. The normalized spacial score (nSPS) is 42.8. The molecule has 0 aromatic rings. The highest BCUT2D eigenvalue weighted by atomic mass is 79.9. The monoisotopic (exact) mass is 421 g/mol. The van der Waals surface area contributed by atoms with Crippen LogP contribution < -0.4 is 0 Å². The van der Waals surface area contributed by atoms with Crippen LogP contribution in [0.2, 0.25) is 0 Å². The quantitative estimate of drug-likeness (QED) is 0.556. The number of carboxylic acids is 1. The maximum Gasteiger partial charge on any atom is 0.327 e. The summed E-state index contributed by atoms with van der Waals surface area (Å²) < 4.78 is 0. The zero-order valence-corrected chi connectivity index (χ0v) is 14.9. The van der Waals surface area contributed by atoms with E-state index in [4.69, 9.17) is 0 Å². The lowest BCUT2D eigenvalue weighted by atomic mass is 9.81. The molecule has 0 unspecified atom stereocenters. The summed E-state index contributed by atoms with van der Waals surface area (Å²) in [4.78, 5) is 38.2. The van der Waals surface area contributed by atoms with E-state index < -0.39 is 12.0 Å². The number of carbonyl (C=O) groups excluding carboxylic acids is 2. The minimum atomic E-state index is -1.11. The number of hydrogen-bond acceptors (Lipinski definition) is 3. The molecule has 1 aliphatic heterocycles. The Labute approximate surface area is 139 Å². The lowest BCUT2D eigenvalue weighted by Gasteiger charge is -2.28. The van der Waals surface area contributed by atoms with Crippen molar-refractivity contribution in [1.29, 1.82) is 0 Å². The van der Waals surface area contributed by atoms with Crippen molar-refractivity contribution in [3.05, 3.63) is 0 Å². The van der Waals surface area contributed by atoms with Gasteiger partial charge >= 0.3 is 5.97 Å². The Morgan fingerprint density at radius 2 is 1.57 bits per heavy atom. The Morgan fingerprint density at radius 3 is 1.90 bits per heavy atom. The lowest BCUT2D eigenvalue weighted by molar-refractivity contribution is -0.157. The van der Waals surface area contributed by atoms with E-state index in [-0.39, 0.29) is 51.1 Å². The number of rotatable bonds is 3. The molecule has 0 spiro atoms. The molecule has 0 radical (unpaired) electrons. The second-order valence-electron chi connectivity index (χ2n) is 6.58. The smallest absolute Gasteiger partial charge is 0.327 e. The van der Waals surface area contributed by atoms with Crippen LogP contribution in [0.25, 0.3) is 0 Å². The van der Waals surface area contributed by atoms with Gasteiger partial charge in [0.05, 0.1) is 11.8 Å². The van der Waals surface area contributed by atoms with E-state index in [0.29, 0.717) is 0 Å². The first kappa shape index (κ1) is 15.5. The minimum Gasteiger partial charge on any atom is -0.480 e. The summed E-state index contributed by atoms with van der Waals surface area (Å²) in [6, 6.07) is -1.06. The average molecular weight is 423 g/mol. The van der Waals surface area contributed by atoms with E-state index in [2.05, 4.69) is 31.9 Å². The van der Waals surface area contributed by atoms with Crippen molar-refractivity contribution in [3.63, 3.8) is 0 Å². The molecule has 0 aromatic carbocycles. The summed E-state index contributed by atoms with van der Waals surface area (Å²) in [5.74, 6) is -2.44. The van der Waals surface area contributed by atoms with E-state index in [1.54, 1.807) is 13.8 Å². The van der Waals surface area contributed by atoms with Gasteiger partial charge in [0.15, 0.2) is 0 Å². The maximum absolute atomic E-state index is 12.7. The van der Waals surface area contributed by atoms with Crippen LogP contribution in [0.1, 0.15) is 20.3 Å². The van der Waals surface area contributed by atoms with Gasteiger partial charge in [0.25, 0.3) is 0 Å². The number of aliphatic carboxylic acids is 1. The molecule has 3 fully saturated rings. The fourth-order valence-corrected chi connectivity index (χ4v) is 6.21. The molecule has 2 aliphatic carbocycles. The van der Waals surface area contributed by atoms with Crippen LogP contribution in [-0.4, -0.2) is 43.5 Å². The number of nitrogens with zero attached hydrogens (tertiary/aromatic N) is 1. The predicted molar refractivity (Wildman–Crippen MR) is 82.1 cm³/mol. The molecule has 2 saturated carbocycles. The molecular formula is C14H17Br2NO4. The van der Waals surface area contributed by atoms with E-state index >= 15 is 0 Å². The largest absolute Gasteiger partial charge is 0.480 e. The van der Waals surface area contributed by atoms with Gasteiger partial charge in [-0.05, 0) is 24.2 Å². The van der Waals surface area contributed by atoms with Crippen LogP contribution in [0.3, 0.4) is 0 Å². The highest BCUT2D eigenvalue weighted by molar-refractivity contribution is 9.12. The summed E-state index contributed by atoms with van der Waals surface area (Å²) in [6.45, 7) is 3.45. The van der Waals surface area contributed by atoms with Gasteiger partial charge in [0.1, 0.15) is 6.04 Å². The summed E-state index contributed by atoms with van der Waals surface area (Å²) >= 11 is 7.23. The number of amides is 2. The van der Waals surface area contributed by atoms with E-state index in [0.717, 1.165) is 11.3 Å². The molecule has 1 saturated heterocycles. The standard InChI is InChI=1S/C14H17Br2NO4/c1-4(2)11(14(20)21)17-12(18)7-5-3-6(8(7)13(17)19)10(16)9(5)15/h4-11H,3H2,1-2H3,(H,20,21)/t5-,6-,7-,8+,9-,10+,11-/m1/s1. The highest BCUT2D eigenvalue weighted by Crippen LogP contribution is 2.60. The Hall–Kier alpha value is -0.430. The highest BCUT2D eigenvalue weighted by Gasteiger charge is 2.67. The first-order chi connectivity index (χ1) is 9.77. The molecule has 2 bridgehead atoms. The van der Waals surface area contributed by atoms with Crippen LogP contribution in [0, 0.1) is 29.6 Å². The number of carboxylic acid groups (broad SMARTS) is 1. The van der Waals surface area contributed by atoms with Crippen LogP contribution in [0.15, 0.2) is 0 Å². The van der Waals surface area contributed by atoms with Gasteiger partial charge in [-0.1, -0.05) is 45.7 Å².